The maximum atomic E-state index is 14.9. The van der Waals surface area contributed by atoms with Crippen molar-refractivity contribution in [3.63, 3.8) is 0 Å². The highest BCUT2D eigenvalue weighted by atomic mass is 32.2. The van der Waals surface area contributed by atoms with Gasteiger partial charge in [0.2, 0.25) is 5.91 Å². The molecule has 0 unspecified atom stereocenters. The molecule has 0 aliphatic carbocycles. The zero-order valence-corrected chi connectivity index (χ0v) is 25.1. The van der Waals surface area contributed by atoms with Crippen LogP contribution in [0.4, 0.5) is 27.8 Å². The number of anilines is 1. The molecule has 0 bridgehead atoms. The Bertz CT molecular complexity index is 1870. The Kier molecular flexibility index (Phi) is 7.92. The van der Waals surface area contributed by atoms with E-state index in [-0.39, 0.29) is 81.7 Å². The second-order valence-corrected chi connectivity index (χ2v) is 12.3. The third kappa shape index (κ3) is 5.47. The summed E-state index contributed by atoms with van der Waals surface area (Å²) in [7, 11) is 0. The molecule has 45 heavy (non-hydrogen) atoms. The first-order valence-electron chi connectivity index (χ1n) is 14.3. The molecular formula is C32H28F5N5O2S. The summed E-state index contributed by atoms with van der Waals surface area (Å²) < 4.78 is 74.9. The number of rotatable bonds is 4. The zero-order chi connectivity index (χ0) is 32.2. The number of benzene rings is 2. The Balaban J connectivity index is 1.63. The largest absolute Gasteiger partial charge is 0.417 e. The molecule has 7 nitrogen and oxygen atoms in total. The van der Waals surface area contributed by atoms with E-state index in [0.717, 1.165) is 36.2 Å². The first-order chi connectivity index (χ1) is 21.4. The lowest BCUT2D eigenvalue weighted by molar-refractivity contribution is -0.137. The predicted molar refractivity (Wildman–Crippen MR) is 162 cm³/mol. The van der Waals surface area contributed by atoms with Crippen LogP contribution in [0.25, 0.3) is 22.0 Å². The van der Waals surface area contributed by atoms with Crippen molar-refractivity contribution in [2.24, 2.45) is 0 Å². The monoisotopic (exact) mass is 641 g/mol. The van der Waals surface area contributed by atoms with Crippen LogP contribution in [-0.4, -0.2) is 56.3 Å². The first-order valence-corrected chi connectivity index (χ1v) is 15.2. The quantitative estimate of drug-likeness (QED) is 0.194. The summed E-state index contributed by atoms with van der Waals surface area (Å²) in [5.74, 6) is -1.85. The zero-order valence-electron chi connectivity index (χ0n) is 24.3. The molecule has 0 radical (unpaired) electrons. The van der Waals surface area contributed by atoms with Gasteiger partial charge in [0, 0.05) is 65.4 Å². The molecule has 234 valence electrons. The van der Waals surface area contributed by atoms with E-state index in [1.54, 1.807) is 9.80 Å². The molecule has 1 saturated heterocycles. The molecule has 2 aromatic heterocycles. The van der Waals surface area contributed by atoms with E-state index >= 15 is 0 Å². The van der Waals surface area contributed by atoms with Crippen molar-refractivity contribution in [1.29, 1.82) is 0 Å². The number of hydrogen-bond donors (Lipinski definition) is 0. The normalized spacial score (nSPS) is 20.3. The average Bonchev–Trinajstić information content (AvgIpc) is 3.19. The summed E-state index contributed by atoms with van der Waals surface area (Å²) >= 11 is 1.09. The van der Waals surface area contributed by atoms with Gasteiger partial charge < -0.3 is 9.80 Å². The van der Waals surface area contributed by atoms with Crippen molar-refractivity contribution in [2.75, 3.05) is 23.7 Å². The van der Waals surface area contributed by atoms with Gasteiger partial charge in [0.1, 0.15) is 17.5 Å². The molecule has 1 fully saturated rings. The van der Waals surface area contributed by atoms with Crippen LogP contribution in [0.15, 0.2) is 71.1 Å². The summed E-state index contributed by atoms with van der Waals surface area (Å²) in [4.78, 5) is 38.1. The molecule has 2 aromatic carbocycles. The number of halogens is 5. The molecule has 3 atom stereocenters. The summed E-state index contributed by atoms with van der Waals surface area (Å²) in [6.45, 7) is 7.57. The fraction of sp³-hybridized carbons (Fsp3) is 0.312. The molecule has 4 heterocycles. The number of amides is 1. The number of alkyl halides is 3. The summed E-state index contributed by atoms with van der Waals surface area (Å²) in [6, 6.07) is 6.50. The first kappa shape index (κ1) is 30.8. The van der Waals surface area contributed by atoms with Crippen molar-refractivity contribution in [2.45, 2.75) is 49.5 Å². The van der Waals surface area contributed by atoms with Gasteiger partial charge in [0.15, 0.2) is 0 Å². The smallest absolute Gasteiger partial charge is 0.352 e. The number of hydrogen-bond acceptors (Lipinski definition) is 6. The second-order valence-electron chi connectivity index (χ2n) is 11.3. The summed E-state index contributed by atoms with van der Waals surface area (Å²) in [6.07, 6.45) is -1.13. The van der Waals surface area contributed by atoms with Crippen molar-refractivity contribution in [3.8, 4) is 11.1 Å². The van der Waals surface area contributed by atoms with Gasteiger partial charge in [-0.1, -0.05) is 18.7 Å². The molecule has 2 aliphatic heterocycles. The fourth-order valence-electron chi connectivity index (χ4n) is 6.47. The second kappa shape index (κ2) is 11.6. The molecular weight excluding hydrogens is 613 g/mol. The molecule has 4 aromatic rings. The van der Waals surface area contributed by atoms with Gasteiger partial charge in [-0.15, -0.1) is 11.8 Å². The topological polar surface area (TPSA) is 71.3 Å². The third-order valence-electron chi connectivity index (χ3n) is 8.36. The standard InChI is InChI=1S/C32H28F5N5O2S/c1-4-26(43)42-17(2)13-40(14-18(42)3)30-23-11-24(32(35,36)37)27(19-5-7-21(33)8-6-19)29-28(23)41(31(44)39-30)15-20(16-45-29)22-9-10-38-12-25(22)34/h4-12,17-18,20H,1,13-16H2,2-3H3/t17-,18+,20-/m0/s1. The molecule has 0 saturated carbocycles. The van der Waals surface area contributed by atoms with Crippen LogP contribution in [0, 0.1) is 11.6 Å². The Labute approximate surface area is 259 Å². The highest BCUT2D eigenvalue weighted by Crippen LogP contribution is 2.49. The number of carbonyl (C=O) groups is 1. The van der Waals surface area contributed by atoms with E-state index in [9.17, 15) is 31.5 Å². The van der Waals surface area contributed by atoms with Crippen LogP contribution >= 0.6 is 11.8 Å². The van der Waals surface area contributed by atoms with E-state index in [2.05, 4.69) is 16.5 Å². The molecule has 13 heteroatoms. The van der Waals surface area contributed by atoms with Gasteiger partial charge in [-0.2, -0.15) is 18.2 Å². The van der Waals surface area contributed by atoms with Crippen LogP contribution in [0.5, 0.6) is 0 Å². The SMILES string of the molecule is C=CC(=O)N1[C@H](C)CN(c2nc(=O)n3c4c(c(-c5ccc(F)cc5)c(C(F)(F)F)cc24)SC[C@@H](c2ccncc2F)C3)C[C@@H]1C. The van der Waals surface area contributed by atoms with E-state index in [0.29, 0.717) is 0 Å². The van der Waals surface area contributed by atoms with Gasteiger partial charge in [0.05, 0.1) is 17.3 Å². The minimum atomic E-state index is -4.83. The number of thioether (sulfide) groups is 1. The highest BCUT2D eigenvalue weighted by Gasteiger charge is 2.40. The Morgan fingerprint density at radius 3 is 2.38 bits per heavy atom. The van der Waals surface area contributed by atoms with Gasteiger partial charge in [0.25, 0.3) is 0 Å². The predicted octanol–water partition coefficient (Wildman–Crippen LogP) is 6.26. The van der Waals surface area contributed by atoms with Crippen molar-refractivity contribution in [1.82, 2.24) is 19.4 Å². The number of carbonyl (C=O) groups excluding carboxylic acids is 1. The fourth-order valence-corrected chi connectivity index (χ4v) is 7.85. The van der Waals surface area contributed by atoms with Crippen LogP contribution in [0.1, 0.15) is 30.9 Å². The molecule has 6 rings (SSSR count). The Morgan fingerprint density at radius 1 is 1.07 bits per heavy atom. The van der Waals surface area contributed by atoms with Crippen molar-refractivity contribution in [3.05, 3.63) is 94.7 Å². The van der Waals surface area contributed by atoms with Gasteiger partial charge >= 0.3 is 11.9 Å². The molecule has 1 amide bonds. The lowest BCUT2D eigenvalue weighted by atomic mass is 9.95. The maximum absolute atomic E-state index is 14.9. The average molecular weight is 642 g/mol. The van der Waals surface area contributed by atoms with E-state index in [4.69, 9.17) is 0 Å². The minimum Gasteiger partial charge on any atom is -0.352 e. The van der Waals surface area contributed by atoms with E-state index in [1.165, 1.54) is 35.0 Å². The Hall–Kier alpha value is -4.26. The van der Waals surface area contributed by atoms with Crippen molar-refractivity contribution >= 4 is 34.4 Å². The number of nitrogens with zero attached hydrogens (tertiary/aromatic N) is 5. The lowest BCUT2D eigenvalue weighted by Gasteiger charge is -2.44. The lowest BCUT2D eigenvalue weighted by Crippen LogP contribution is -2.58. The molecule has 0 spiro atoms. The molecule has 2 aliphatic rings. The van der Waals surface area contributed by atoms with Crippen LogP contribution < -0.4 is 10.6 Å². The minimum absolute atomic E-state index is 0.0355. The third-order valence-corrected chi connectivity index (χ3v) is 9.62. The van der Waals surface area contributed by atoms with Crippen LogP contribution in [-0.2, 0) is 17.5 Å². The van der Waals surface area contributed by atoms with Gasteiger partial charge in [-0.25, -0.2) is 13.6 Å². The van der Waals surface area contributed by atoms with Crippen molar-refractivity contribution < 1.29 is 26.7 Å². The van der Waals surface area contributed by atoms with Gasteiger partial charge in [-0.3, -0.25) is 14.3 Å². The number of aromatic nitrogens is 3. The van der Waals surface area contributed by atoms with Crippen LogP contribution in [0.3, 0.4) is 0 Å². The van der Waals surface area contributed by atoms with Gasteiger partial charge in [-0.05, 0) is 55.3 Å². The Morgan fingerprint density at radius 2 is 1.76 bits per heavy atom. The van der Waals surface area contributed by atoms with Crippen LogP contribution in [0.2, 0.25) is 0 Å². The highest BCUT2D eigenvalue weighted by molar-refractivity contribution is 7.99. The van der Waals surface area contributed by atoms with E-state index < -0.39 is 35.0 Å². The summed E-state index contributed by atoms with van der Waals surface area (Å²) in [5.41, 5.74) is -1.21. The number of piperazine rings is 1. The molecule has 0 N–H and O–H groups in total. The van der Waals surface area contributed by atoms with E-state index in [1.807, 2.05) is 13.8 Å². The summed E-state index contributed by atoms with van der Waals surface area (Å²) in [5, 5.41) is 0.106. The number of pyridine rings is 1. The maximum Gasteiger partial charge on any atom is 0.417 e.